The van der Waals surface area contributed by atoms with Gasteiger partial charge in [-0.2, -0.15) is 0 Å². The molecule has 0 aliphatic carbocycles. The predicted molar refractivity (Wildman–Crippen MR) is 80.5 cm³/mol. The van der Waals surface area contributed by atoms with Gasteiger partial charge >= 0.3 is 0 Å². The highest BCUT2D eigenvalue weighted by atomic mass is 15.2. The summed E-state index contributed by atoms with van der Waals surface area (Å²) in [5, 5.41) is 3.39. The van der Waals surface area contributed by atoms with Gasteiger partial charge in [-0.3, -0.25) is 0 Å². The summed E-state index contributed by atoms with van der Waals surface area (Å²) in [5.41, 5.74) is 2.66. The van der Waals surface area contributed by atoms with Gasteiger partial charge in [-0.25, -0.2) is 4.98 Å². The largest absolute Gasteiger partial charge is 0.352 e. The van der Waals surface area contributed by atoms with Crippen LogP contribution in [0.25, 0.3) is 0 Å². The van der Waals surface area contributed by atoms with Gasteiger partial charge in [0.15, 0.2) is 0 Å². The van der Waals surface area contributed by atoms with Gasteiger partial charge in [-0.05, 0) is 30.9 Å². The predicted octanol–water partition coefficient (Wildman–Crippen LogP) is 4.20. The SMILES string of the molecule is CC(C)c1ccc(CNc2nccn2C(C)C)cc1. The van der Waals surface area contributed by atoms with E-state index < -0.39 is 0 Å². The number of hydrogen-bond donors (Lipinski definition) is 1. The van der Waals surface area contributed by atoms with Gasteiger partial charge in [-0.15, -0.1) is 0 Å². The lowest BCUT2D eigenvalue weighted by molar-refractivity contribution is 0.604. The molecule has 102 valence electrons. The number of nitrogens with one attached hydrogen (secondary N) is 1. The average molecular weight is 257 g/mol. The van der Waals surface area contributed by atoms with Gasteiger partial charge in [0.2, 0.25) is 5.95 Å². The van der Waals surface area contributed by atoms with Crippen LogP contribution in [0.2, 0.25) is 0 Å². The second kappa shape index (κ2) is 5.91. The van der Waals surface area contributed by atoms with E-state index in [9.17, 15) is 0 Å². The van der Waals surface area contributed by atoms with Crippen molar-refractivity contribution in [2.24, 2.45) is 0 Å². The van der Waals surface area contributed by atoms with Crippen molar-refractivity contribution in [2.45, 2.75) is 46.2 Å². The minimum Gasteiger partial charge on any atom is -0.352 e. The smallest absolute Gasteiger partial charge is 0.203 e. The molecular weight excluding hydrogens is 234 g/mol. The minimum absolute atomic E-state index is 0.424. The molecule has 0 atom stereocenters. The molecule has 0 amide bonds. The lowest BCUT2D eigenvalue weighted by Crippen LogP contribution is -2.08. The number of anilines is 1. The Kier molecular flexibility index (Phi) is 4.25. The standard InChI is InChI=1S/C16H23N3/c1-12(2)15-7-5-14(6-8-15)11-18-16-17-9-10-19(16)13(3)4/h5-10,12-13H,11H2,1-4H3,(H,17,18). The van der Waals surface area contributed by atoms with Crippen LogP contribution in [-0.2, 0) is 6.54 Å². The van der Waals surface area contributed by atoms with E-state index in [1.165, 1.54) is 11.1 Å². The first-order chi connectivity index (χ1) is 9.08. The summed E-state index contributed by atoms with van der Waals surface area (Å²) in [6, 6.07) is 9.21. The van der Waals surface area contributed by atoms with Gasteiger partial charge in [0.25, 0.3) is 0 Å². The molecule has 1 aromatic carbocycles. The van der Waals surface area contributed by atoms with Crippen molar-refractivity contribution in [1.29, 1.82) is 0 Å². The fourth-order valence-corrected chi connectivity index (χ4v) is 2.07. The normalized spacial score (nSPS) is 11.3. The molecule has 0 fully saturated rings. The van der Waals surface area contributed by atoms with Crippen LogP contribution in [0, 0.1) is 0 Å². The van der Waals surface area contributed by atoms with E-state index >= 15 is 0 Å². The zero-order chi connectivity index (χ0) is 13.8. The molecule has 0 unspecified atom stereocenters. The van der Waals surface area contributed by atoms with Crippen LogP contribution in [0.1, 0.15) is 50.8 Å². The first-order valence-corrected chi connectivity index (χ1v) is 6.93. The van der Waals surface area contributed by atoms with Crippen molar-refractivity contribution in [3.05, 3.63) is 47.8 Å². The van der Waals surface area contributed by atoms with Crippen molar-refractivity contribution in [3.8, 4) is 0 Å². The molecule has 0 aliphatic heterocycles. The van der Waals surface area contributed by atoms with Crippen molar-refractivity contribution in [3.63, 3.8) is 0 Å². The molecule has 3 nitrogen and oxygen atoms in total. The van der Waals surface area contributed by atoms with E-state index in [1.807, 2.05) is 12.4 Å². The van der Waals surface area contributed by atoms with Crippen molar-refractivity contribution in [1.82, 2.24) is 9.55 Å². The van der Waals surface area contributed by atoms with Gasteiger partial charge in [0.05, 0.1) is 0 Å². The summed E-state index contributed by atoms with van der Waals surface area (Å²) in [6.45, 7) is 9.55. The topological polar surface area (TPSA) is 29.9 Å². The molecule has 1 heterocycles. The third kappa shape index (κ3) is 3.37. The van der Waals surface area contributed by atoms with Crippen molar-refractivity contribution in [2.75, 3.05) is 5.32 Å². The molecule has 2 rings (SSSR count). The summed E-state index contributed by atoms with van der Waals surface area (Å²) >= 11 is 0. The second-order valence-electron chi connectivity index (χ2n) is 5.50. The van der Waals surface area contributed by atoms with E-state index in [0.717, 1.165) is 12.5 Å². The summed E-state index contributed by atoms with van der Waals surface area (Å²) in [5.74, 6) is 1.52. The number of aromatic nitrogens is 2. The lowest BCUT2D eigenvalue weighted by Gasteiger charge is -2.13. The third-order valence-electron chi connectivity index (χ3n) is 3.32. The summed E-state index contributed by atoms with van der Waals surface area (Å²) < 4.78 is 2.14. The van der Waals surface area contributed by atoms with E-state index in [-0.39, 0.29) is 0 Å². The number of nitrogens with zero attached hydrogens (tertiary/aromatic N) is 2. The fourth-order valence-electron chi connectivity index (χ4n) is 2.07. The molecular formula is C16H23N3. The second-order valence-corrected chi connectivity index (χ2v) is 5.50. The lowest BCUT2D eigenvalue weighted by atomic mass is 10.0. The molecule has 0 radical (unpaired) electrons. The first kappa shape index (κ1) is 13.7. The van der Waals surface area contributed by atoms with Crippen LogP contribution in [-0.4, -0.2) is 9.55 Å². The van der Waals surface area contributed by atoms with Gasteiger partial charge in [-0.1, -0.05) is 38.1 Å². The molecule has 0 saturated heterocycles. The van der Waals surface area contributed by atoms with Crippen LogP contribution in [0.4, 0.5) is 5.95 Å². The van der Waals surface area contributed by atoms with Crippen LogP contribution in [0.5, 0.6) is 0 Å². The molecule has 3 heteroatoms. The Hall–Kier alpha value is -1.77. The number of imidazole rings is 1. The summed E-state index contributed by atoms with van der Waals surface area (Å²) in [4.78, 5) is 4.35. The van der Waals surface area contributed by atoms with E-state index in [0.29, 0.717) is 12.0 Å². The molecule has 1 aromatic heterocycles. The van der Waals surface area contributed by atoms with Crippen LogP contribution < -0.4 is 5.32 Å². The maximum absolute atomic E-state index is 4.35. The van der Waals surface area contributed by atoms with Crippen LogP contribution >= 0.6 is 0 Å². The Balaban J connectivity index is 2.00. The fraction of sp³-hybridized carbons (Fsp3) is 0.438. The number of benzene rings is 1. The van der Waals surface area contributed by atoms with Crippen LogP contribution in [0.3, 0.4) is 0 Å². The van der Waals surface area contributed by atoms with E-state index in [1.54, 1.807) is 0 Å². The van der Waals surface area contributed by atoms with E-state index in [2.05, 4.69) is 66.8 Å². The van der Waals surface area contributed by atoms with Crippen molar-refractivity contribution < 1.29 is 0 Å². The van der Waals surface area contributed by atoms with Gasteiger partial charge < -0.3 is 9.88 Å². The van der Waals surface area contributed by atoms with Gasteiger partial charge in [0, 0.05) is 25.0 Å². The highest BCUT2D eigenvalue weighted by Crippen LogP contribution is 2.16. The van der Waals surface area contributed by atoms with Crippen LogP contribution in [0.15, 0.2) is 36.7 Å². The molecule has 2 aromatic rings. The zero-order valence-corrected chi connectivity index (χ0v) is 12.2. The van der Waals surface area contributed by atoms with Crippen molar-refractivity contribution >= 4 is 5.95 Å². The monoisotopic (exact) mass is 257 g/mol. The summed E-state index contributed by atoms with van der Waals surface area (Å²) in [6.07, 6.45) is 3.85. The maximum Gasteiger partial charge on any atom is 0.203 e. The molecule has 0 saturated carbocycles. The third-order valence-corrected chi connectivity index (χ3v) is 3.32. The van der Waals surface area contributed by atoms with Gasteiger partial charge in [0.1, 0.15) is 0 Å². The Morgan fingerprint density at radius 1 is 1.11 bits per heavy atom. The highest BCUT2D eigenvalue weighted by Gasteiger charge is 2.05. The quantitative estimate of drug-likeness (QED) is 0.870. The highest BCUT2D eigenvalue weighted by molar-refractivity contribution is 5.31. The molecule has 0 bridgehead atoms. The first-order valence-electron chi connectivity index (χ1n) is 6.93. The average Bonchev–Trinajstić information content (AvgIpc) is 2.85. The molecule has 19 heavy (non-hydrogen) atoms. The Labute approximate surface area is 115 Å². The maximum atomic E-state index is 4.35. The Bertz CT molecular complexity index is 509. The molecule has 0 aliphatic rings. The number of rotatable bonds is 5. The Morgan fingerprint density at radius 3 is 2.37 bits per heavy atom. The molecule has 1 N–H and O–H groups in total. The van der Waals surface area contributed by atoms with E-state index in [4.69, 9.17) is 0 Å². The summed E-state index contributed by atoms with van der Waals surface area (Å²) in [7, 11) is 0. The minimum atomic E-state index is 0.424. The number of hydrogen-bond acceptors (Lipinski definition) is 2. The zero-order valence-electron chi connectivity index (χ0n) is 12.2. The Morgan fingerprint density at radius 2 is 1.79 bits per heavy atom. The molecule has 0 spiro atoms.